The van der Waals surface area contributed by atoms with Crippen LogP contribution in [0.4, 0.5) is 0 Å². The molecule has 0 radical (unpaired) electrons. The van der Waals surface area contributed by atoms with Crippen LogP contribution >= 0.6 is 0 Å². The van der Waals surface area contributed by atoms with Gasteiger partial charge in [-0.3, -0.25) is 0 Å². The fourth-order valence-electron chi connectivity index (χ4n) is 2.56. The van der Waals surface area contributed by atoms with Gasteiger partial charge in [-0.05, 0) is 70.0 Å². The number of rotatable bonds is 6. The van der Waals surface area contributed by atoms with Crippen molar-refractivity contribution in [2.75, 3.05) is 13.1 Å². The molecule has 0 fully saturated rings. The number of nitrogens with one attached hydrogen (secondary N) is 1. The zero-order valence-corrected chi connectivity index (χ0v) is 13.0. The molecule has 1 heterocycles. The van der Waals surface area contributed by atoms with Crippen molar-refractivity contribution in [2.24, 2.45) is 0 Å². The lowest BCUT2D eigenvalue weighted by molar-refractivity contribution is 0.669. The molecule has 0 amide bonds. The maximum absolute atomic E-state index is 4.71. The van der Waals surface area contributed by atoms with E-state index in [-0.39, 0.29) is 0 Å². The molecule has 1 N–H and O–H groups in total. The van der Waals surface area contributed by atoms with E-state index in [1.165, 1.54) is 23.2 Å². The van der Waals surface area contributed by atoms with Crippen molar-refractivity contribution in [1.82, 2.24) is 15.1 Å². The molecule has 2 aromatic rings. The third-order valence-electron chi connectivity index (χ3n) is 3.67. The molecular formula is C17H25N3. The Morgan fingerprint density at radius 2 is 1.95 bits per heavy atom. The van der Waals surface area contributed by atoms with Gasteiger partial charge in [0.05, 0.1) is 11.4 Å². The summed E-state index contributed by atoms with van der Waals surface area (Å²) in [5.74, 6) is 0. The van der Waals surface area contributed by atoms with Crippen molar-refractivity contribution in [3.05, 3.63) is 46.8 Å². The SMILES string of the molecule is CCCNCCc1c(C)nn(-c2cccc(C)c2)c1C. The first-order chi connectivity index (χ1) is 9.63. The van der Waals surface area contributed by atoms with E-state index in [2.05, 4.69) is 62.0 Å². The Bertz CT molecular complexity index is 570. The van der Waals surface area contributed by atoms with E-state index in [1.807, 2.05) is 0 Å². The number of aryl methyl sites for hydroxylation is 2. The van der Waals surface area contributed by atoms with Crippen molar-refractivity contribution >= 4 is 0 Å². The van der Waals surface area contributed by atoms with E-state index in [0.717, 1.165) is 30.9 Å². The Labute approximate surface area is 122 Å². The minimum Gasteiger partial charge on any atom is -0.316 e. The van der Waals surface area contributed by atoms with Gasteiger partial charge in [0, 0.05) is 5.69 Å². The van der Waals surface area contributed by atoms with Gasteiger partial charge in [0.25, 0.3) is 0 Å². The molecule has 0 saturated carbocycles. The first-order valence-electron chi connectivity index (χ1n) is 7.46. The van der Waals surface area contributed by atoms with Gasteiger partial charge in [0.1, 0.15) is 0 Å². The van der Waals surface area contributed by atoms with E-state index in [1.54, 1.807) is 0 Å². The molecule has 0 saturated heterocycles. The molecule has 0 bridgehead atoms. The summed E-state index contributed by atoms with van der Waals surface area (Å²) in [7, 11) is 0. The highest BCUT2D eigenvalue weighted by Crippen LogP contribution is 2.18. The zero-order chi connectivity index (χ0) is 14.5. The van der Waals surface area contributed by atoms with E-state index in [9.17, 15) is 0 Å². The number of nitrogens with zero attached hydrogens (tertiary/aromatic N) is 2. The van der Waals surface area contributed by atoms with Crippen LogP contribution in [0.2, 0.25) is 0 Å². The summed E-state index contributed by atoms with van der Waals surface area (Å²) in [6.07, 6.45) is 2.23. The Morgan fingerprint density at radius 3 is 2.65 bits per heavy atom. The fraction of sp³-hybridized carbons (Fsp3) is 0.471. The second kappa shape index (κ2) is 6.71. The number of hydrogen-bond acceptors (Lipinski definition) is 2. The fourth-order valence-corrected chi connectivity index (χ4v) is 2.56. The van der Waals surface area contributed by atoms with Crippen molar-refractivity contribution in [2.45, 2.75) is 40.5 Å². The molecule has 108 valence electrons. The highest BCUT2D eigenvalue weighted by Gasteiger charge is 2.12. The highest BCUT2D eigenvalue weighted by molar-refractivity contribution is 5.39. The van der Waals surface area contributed by atoms with Crippen LogP contribution in [0.1, 0.15) is 35.9 Å². The van der Waals surface area contributed by atoms with Crippen molar-refractivity contribution in [1.29, 1.82) is 0 Å². The molecule has 0 aliphatic heterocycles. The van der Waals surface area contributed by atoms with Crippen LogP contribution in [-0.2, 0) is 6.42 Å². The van der Waals surface area contributed by atoms with E-state index < -0.39 is 0 Å². The van der Waals surface area contributed by atoms with Gasteiger partial charge in [-0.2, -0.15) is 5.10 Å². The van der Waals surface area contributed by atoms with Gasteiger partial charge in [-0.25, -0.2) is 4.68 Å². The van der Waals surface area contributed by atoms with Crippen LogP contribution < -0.4 is 5.32 Å². The third kappa shape index (κ3) is 3.28. The first-order valence-corrected chi connectivity index (χ1v) is 7.46. The Kier molecular flexibility index (Phi) is 4.96. The summed E-state index contributed by atoms with van der Waals surface area (Å²) >= 11 is 0. The smallest absolute Gasteiger partial charge is 0.0651 e. The van der Waals surface area contributed by atoms with Crippen LogP contribution in [0.25, 0.3) is 5.69 Å². The highest BCUT2D eigenvalue weighted by atomic mass is 15.3. The predicted molar refractivity (Wildman–Crippen MR) is 84.6 cm³/mol. The average molecular weight is 271 g/mol. The summed E-state index contributed by atoms with van der Waals surface area (Å²) in [5, 5.41) is 8.17. The first kappa shape index (κ1) is 14.8. The zero-order valence-electron chi connectivity index (χ0n) is 13.0. The maximum atomic E-state index is 4.71. The third-order valence-corrected chi connectivity index (χ3v) is 3.67. The van der Waals surface area contributed by atoms with Gasteiger partial charge in [0.2, 0.25) is 0 Å². The lowest BCUT2D eigenvalue weighted by Crippen LogP contribution is -2.18. The largest absolute Gasteiger partial charge is 0.316 e. The molecule has 0 spiro atoms. The van der Waals surface area contributed by atoms with E-state index in [0.29, 0.717) is 0 Å². The van der Waals surface area contributed by atoms with E-state index in [4.69, 9.17) is 5.10 Å². The summed E-state index contributed by atoms with van der Waals surface area (Å²) in [5.41, 5.74) is 6.18. The molecule has 1 aromatic carbocycles. The number of benzene rings is 1. The van der Waals surface area contributed by atoms with Crippen LogP contribution in [0, 0.1) is 20.8 Å². The minimum absolute atomic E-state index is 1.02. The average Bonchev–Trinajstić information content (AvgIpc) is 2.71. The van der Waals surface area contributed by atoms with Gasteiger partial charge >= 0.3 is 0 Å². The summed E-state index contributed by atoms with van der Waals surface area (Å²) in [4.78, 5) is 0. The van der Waals surface area contributed by atoms with Gasteiger partial charge in [-0.1, -0.05) is 19.1 Å². The molecule has 2 rings (SSSR count). The monoisotopic (exact) mass is 271 g/mol. The van der Waals surface area contributed by atoms with Crippen LogP contribution in [0.3, 0.4) is 0 Å². The Balaban J connectivity index is 2.20. The van der Waals surface area contributed by atoms with Gasteiger partial charge in [0.15, 0.2) is 0 Å². The Morgan fingerprint density at radius 1 is 1.15 bits per heavy atom. The number of hydrogen-bond donors (Lipinski definition) is 1. The van der Waals surface area contributed by atoms with Gasteiger partial charge in [-0.15, -0.1) is 0 Å². The quantitative estimate of drug-likeness (QED) is 0.817. The standard InChI is InChI=1S/C17H25N3/c1-5-10-18-11-9-17-14(3)19-20(15(17)4)16-8-6-7-13(2)12-16/h6-8,12,18H,5,9-11H2,1-4H3. The topological polar surface area (TPSA) is 29.9 Å². The van der Waals surface area contributed by atoms with Crippen molar-refractivity contribution in [3.8, 4) is 5.69 Å². The van der Waals surface area contributed by atoms with Crippen molar-refractivity contribution < 1.29 is 0 Å². The minimum atomic E-state index is 1.02. The predicted octanol–water partition coefficient (Wildman–Crippen LogP) is 3.34. The molecule has 3 heteroatoms. The number of aromatic nitrogens is 2. The van der Waals surface area contributed by atoms with E-state index >= 15 is 0 Å². The molecule has 0 unspecified atom stereocenters. The van der Waals surface area contributed by atoms with Crippen LogP contribution in [0.15, 0.2) is 24.3 Å². The summed E-state index contributed by atoms with van der Waals surface area (Å²) in [6.45, 7) is 10.7. The van der Waals surface area contributed by atoms with Crippen LogP contribution in [0.5, 0.6) is 0 Å². The molecule has 0 atom stereocenters. The summed E-state index contributed by atoms with van der Waals surface area (Å²) in [6, 6.07) is 8.50. The maximum Gasteiger partial charge on any atom is 0.0651 e. The van der Waals surface area contributed by atoms with Gasteiger partial charge < -0.3 is 5.32 Å². The molecule has 3 nitrogen and oxygen atoms in total. The molecule has 20 heavy (non-hydrogen) atoms. The van der Waals surface area contributed by atoms with Crippen LogP contribution in [-0.4, -0.2) is 22.9 Å². The normalized spacial score (nSPS) is 11.0. The van der Waals surface area contributed by atoms with Crippen molar-refractivity contribution in [3.63, 3.8) is 0 Å². The summed E-state index contributed by atoms with van der Waals surface area (Å²) < 4.78 is 2.07. The molecule has 1 aromatic heterocycles. The lowest BCUT2D eigenvalue weighted by Gasteiger charge is -2.07. The second-order valence-electron chi connectivity index (χ2n) is 5.40. The Hall–Kier alpha value is -1.61. The second-order valence-corrected chi connectivity index (χ2v) is 5.40. The lowest BCUT2D eigenvalue weighted by atomic mass is 10.1. The molecular weight excluding hydrogens is 246 g/mol. The molecule has 0 aliphatic carbocycles. The molecule has 0 aliphatic rings.